The molecule has 0 aliphatic carbocycles. The summed E-state index contributed by atoms with van der Waals surface area (Å²) in [4.78, 5) is 35.5. The van der Waals surface area contributed by atoms with Crippen LogP contribution in [0.3, 0.4) is 0 Å². The number of rotatable bonds is 13. The Morgan fingerprint density at radius 3 is 2.07 bits per heavy atom. The average Bonchev–Trinajstić information content (AvgIpc) is 2.68. The monoisotopic (exact) mass is 378 g/mol. The molecule has 0 aliphatic heterocycles. The normalized spacial score (nSPS) is 11.6. The molecule has 1 aromatic carbocycles. The lowest BCUT2D eigenvalue weighted by Crippen LogP contribution is -2.39. The van der Waals surface area contributed by atoms with Crippen molar-refractivity contribution in [2.24, 2.45) is 17.6 Å². The number of aromatic hydroxyl groups is 1. The van der Waals surface area contributed by atoms with Crippen molar-refractivity contribution in [2.45, 2.75) is 57.8 Å². The molecule has 8 heteroatoms. The van der Waals surface area contributed by atoms with E-state index in [0.717, 1.165) is 38.5 Å². The summed E-state index contributed by atoms with van der Waals surface area (Å²) in [6.45, 7) is 0. The fraction of sp³-hybridized carbons (Fsp3) is 0.526. The number of nitrogens with one attached hydrogen (secondary N) is 2. The number of phenols is 1. The van der Waals surface area contributed by atoms with E-state index in [1.807, 2.05) is 5.43 Å². The third-order valence-electron chi connectivity index (χ3n) is 4.50. The highest BCUT2D eigenvalue weighted by Crippen LogP contribution is 2.23. The maximum Gasteiger partial charge on any atom is 0.244 e. The molecule has 1 rings (SSSR count). The van der Waals surface area contributed by atoms with Crippen LogP contribution in [-0.2, 0) is 9.59 Å². The standard InChI is InChI=1S/C19H30N4O4/c20-22-17(25)13-7-5-3-1-2-4-6-11-15(19(27)23-21)18(26)14-10-8-9-12-16(14)24/h8-10,12,15,24H,1-7,11,13,20-21H2,(H,22,25)(H,23,27). The van der Waals surface area contributed by atoms with Crippen molar-refractivity contribution in [1.82, 2.24) is 10.9 Å². The van der Waals surface area contributed by atoms with Crippen LogP contribution in [-0.4, -0.2) is 22.7 Å². The highest BCUT2D eigenvalue weighted by molar-refractivity contribution is 6.11. The zero-order valence-electron chi connectivity index (χ0n) is 15.6. The Morgan fingerprint density at radius 1 is 0.889 bits per heavy atom. The van der Waals surface area contributed by atoms with Crippen LogP contribution in [0.25, 0.3) is 0 Å². The smallest absolute Gasteiger partial charge is 0.244 e. The fourth-order valence-electron chi connectivity index (χ4n) is 2.94. The summed E-state index contributed by atoms with van der Waals surface area (Å²) >= 11 is 0. The van der Waals surface area contributed by atoms with Gasteiger partial charge in [0.25, 0.3) is 0 Å². The van der Waals surface area contributed by atoms with Crippen LogP contribution < -0.4 is 22.5 Å². The van der Waals surface area contributed by atoms with E-state index in [1.165, 1.54) is 12.1 Å². The first-order chi connectivity index (χ1) is 13.0. The molecule has 7 N–H and O–H groups in total. The van der Waals surface area contributed by atoms with Gasteiger partial charge in [0, 0.05) is 6.42 Å². The number of hydrogen-bond acceptors (Lipinski definition) is 6. The molecule has 150 valence electrons. The van der Waals surface area contributed by atoms with Crippen molar-refractivity contribution in [3.8, 4) is 5.75 Å². The van der Waals surface area contributed by atoms with E-state index >= 15 is 0 Å². The molecule has 0 radical (unpaired) electrons. The van der Waals surface area contributed by atoms with Gasteiger partial charge < -0.3 is 5.11 Å². The number of phenolic OH excluding ortho intramolecular Hbond substituents is 1. The predicted octanol–water partition coefficient (Wildman–Crippen LogP) is 1.68. The Kier molecular flexibility index (Phi) is 10.7. The topological polar surface area (TPSA) is 148 Å². The summed E-state index contributed by atoms with van der Waals surface area (Å²) in [7, 11) is 0. The van der Waals surface area contributed by atoms with E-state index in [9.17, 15) is 19.5 Å². The van der Waals surface area contributed by atoms with E-state index in [1.54, 1.807) is 12.1 Å². The lowest BCUT2D eigenvalue weighted by Gasteiger charge is -2.15. The first kappa shape index (κ1) is 22.6. The van der Waals surface area contributed by atoms with Crippen molar-refractivity contribution in [2.75, 3.05) is 0 Å². The number of benzene rings is 1. The van der Waals surface area contributed by atoms with E-state index in [-0.39, 0.29) is 17.2 Å². The molecule has 2 amide bonds. The first-order valence-electron chi connectivity index (χ1n) is 9.33. The third-order valence-corrected chi connectivity index (χ3v) is 4.50. The SMILES string of the molecule is NNC(=O)CCCCCCCCCC(C(=O)NN)C(=O)c1ccccc1O. The highest BCUT2D eigenvalue weighted by Gasteiger charge is 2.28. The van der Waals surface area contributed by atoms with Crippen LogP contribution in [0.15, 0.2) is 24.3 Å². The molecule has 1 atom stereocenters. The molecule has 0 saturated carbocycles. The summed E-state index contributed by atoms with van der Waals surface area (Å²) in [5.41, 5.74) is 4.28. The first-order valence-corrected chi connectivity index (χ1v) is 9.33. The Bertz CT molecular complexity index is 621. The predicted molar refractivity (Wildman–Crippen MR) is 102 cm³/mol. The number of nitrogens with two attached hydrogens (primary N) is 2. The van der Waals surface area contributed by atoms with Crippen LogP contribution in [0.4, 0.5) is 0 Å². The largest absolute Gasteiger partial charge is 0.507 e. The second kappa shape index (κ2) is 12.8. The molecule has 0 heterocycles. The van der Waals surface area contributed by atoms with Gasteiger partial charge in [0.15, 0.2) is 5.78 Å². The fourth-order valence-corrected chi connectivity index (χ4v) is 2.94. The molecule has 1 unspecified atom stereocenters. The minimum absolute atomic E-state index is 0.132. The van der Waals surface area contributed by atoms with Gasteiger partial charge in [0.2, 0.25) is 11.8 Å². The van der Waals surface area contributed by atoms with Gasteiger partial charge in [0.1, 0.15) is 11.7 Å². The number of hydrazine groups is 2. The maximum atomic E-state index is 12.6. The molecule has 0 fully saturated rings. The summed E-state index contributed by atoms with van der Waals surface area (Å²) in [6.07, 6.45) is 7.28. The van der Waals surface area contributed by atoms with Crippen LogP contribution in [0, 0.1) is 5.92 Å². The minimum atomic E-state index is -0.905. The molecular weight excluding hydrogens is 348 g/mol. The summed E-state index contributed by atoms with van der Waals surface area (Å²) in [5, 5.41) is 9.83. The van der Waals surface area contributed by atoms with Crippen molar-refractivity contribution >= 4 is 17.6 Å². The van der Waals surface area contributed by atoms with Gasteiger partial charge in [-0.3, -0.25) is 25.2 Å². The number of carbonyl (C=O) groups excluding carboxylic acids is 3. The Balaban J connectivity index is 2.34. The molecule has 27 heavy (non-hydrogen) atoms. The van der Waals surface area contributed by atoms with Crippen molar-refractivity contribution in [1.29, 1.82) is 0 Å². The number of ketones is 1. The summed E-state index contributed by atoms with van der Waals surface area (Å²) in [5.74, 6) is 8.07. The number of Topliss-reactive ketones (excluding diaryl/α,β-unsaturated/α-hetero) is 1. The second-order valence-electron chi connectivity index (χ2n) is 6.52. The molecule has 1 aromatic rings. The molecule has 0 aliphatic rings. The van der Waals surface area contributed by atoms with Crippen LogP contribution in [0.5, 0.6) is 5.75 Å². The third kappa shape index (κ3) is 8.19. The summed E-state index contributed by atoms with van der Waals surface area (Å²) < 4.78 is 0. The van der Waals surface area contributed by atoms with Gasteiger partial charge in [0.05, 0.1) is 5.56 Å². The van der Waals surface area contributed by atoms with Crippen molar-refractivity contribution in [3.05, 3.63) is 29.8 Å². The molecule has 0 aromatic heterocycles. The lowest BCUT2D eigenvalue weighted by atomic mass is 9.91. The minimum Gasteiger partial charge on any atom is -0.507 e. The van der Waals surface area contributed by atoms with Gasteiger partial charge >= 0.3 is 0 Å². The van der Waals surface area contributed by atoms with Crippen LogP contribution >= 0.6 is 0 Å². The van der Waals surface area contributed by atoms with Crippen molar-refractivity contribution in [3.63, 3.8) is 0 Å². The van der Waals surface area contributed by atoms with Crippen molar-refractivity contribution < 1.29 is 19.5 Å². The van der Waals surface area contributed by atoms with Gasteiger partial charge in [-0.05, 0) is 25.0 Å². The Labute approximate surface area is 159 Å². The lowest BCUT2D eigenvalue weighted by molar-refractivity contribution is -0.124. The number of carbonyl (C=O) groups is 3. The van der Waals surface area contributed by atoms with E-state index < -0.39 is 17.6 Å². The Morgan fingerprint density at radius 2 is 1.48 bits per heavy atom. The zero-order valence-corrected chi connectivity index (χ0v) is 15.6. The average molecular weight is 378 g/mol. The number of unbranched alkanes of at least 4 members (excludes halogenated alkanes) is 6. The zero-order chi connectivity index (χ0) is 20.1. The quantitative estimate of drug-likeness (QED) is 0.0881. The number of para-hydroxylation sites is 1. The van der Waals surface area contributed by atoms with Crippen LogP contribution in [0.1, 0.15) is 68.1 Å². The molecule has 0 bridgehead atoms. The number of amides is 2. The van der Waals surface area contributed by atoms with Gasteiger partial charge in [-0.1, -0.05) is 50.7 Å². The number of hydrogen-bond donors (Lipinski definition) is 5. The van der Waals surface area contributed by atoms with Gasteiger partial charge in [-0.25, -0.2) is 11.7 Å². The second-order valence-corrected chi connectivity index (χ2v) is 6.52. The van der Waals surface area contributed by atoms with Crippen LogP contribution in [0.2, 0.25) is 0 Å². The summed E-state index contributed by atoms with van der Waals surface area (Å²) in [6, 6.07) is 6.18. The van der Waals surface area contributed by atoms with E-state index in [2.05, 4.69) is 5.43 Å². The van der Waals surface area contributed by atoms with E-state index in [0.29, 0.717) is 19.3 Å². The molecule has 0 spiro atoms. The van der Waals surface area contributed by atoms with E-state index in [4.69, 9.17) is 11.7 Å². The molecule has 8 nitrogen and oxygen atoms in total. The highest BCUT2D eigenvalue weighted by atomic mass is 16.3. The molecular formula is C19H30N4O4. The maximum absolute atomic E-state index is 12.6. The van der Waals surface area contributed by atoms with Gasteiger partial charge in [-0.2, -0.15) is 0 Å². The molecule has 0 saturated heterocycles. The van der Waals surface area contributed by atoms with Gasteiger partial charge in [-0.15, -0.1) is 0 Å². The Hall–Kier alpha value is -2.45.